The molecule has 0 spiro atoms. The number of benzene rings is 2. The topological polar surface area (TPSA) is 58.0 Å². The standard InChI is InChI=1S/C18H19N3OS/c1-12(2)14-9-6-10-15(11-14)19-18-21-20-17(23-18)16(22)13-7-4-3-5-8-13/h3-12,16,22H,1-2H3,(H,19,21). The molecule has 0 amide bonds. The first kappa shape index (κ1) is 15.6. The van der Waals surface area contributed by atoms with E-state index >= 15 is 0 Å². The minimum Gasteiger partial charge on any atom is -0.381 e. The Balaban J connectivity index is 1.76. The van der Waals surface area contributed by atoms with Gasteiger partial charge in [-0.1, -0.05) is 67.6 Å². The van der Waals surface area contributed by atoms with Gasteiger partial charge < -0.3 is 10.4 Å². The molecule has 0 saturated carbocycles. The fourth-order valence-electron chi connectivity index (χ4n) is 2.27. The van der Waals surface area contributed by atoms with Gasteiger partial charge in [-0.15, -0.1) is 10.2 Å². The lowest BCUT2D eigenvalue weighted by Gasteiger charge is -2.08. The van der Waals surface area contributed by atoms with Crippen molar-refractivity contribution < 1.29 is 5.11 Å². The van der Waals surface area contributed by atoms with E-state index < -0.39 is 6.10 Å². The fourth-order valence-corrected chi connectivity index (χ4v) is 3.05. The van der Waals surface area contributed by atoms with Crippen LogP contribution in [0.25, 0.3) is 0 Å². The minimum atomic E-state index is -0.744. The van der Waals surface area contributed by atoms with Crippen molar-refractivity contribution in [3.63, 3.8) is 0 Å². The van der Waals surface area contributed by atoms with E-state index in [0.717, 1.165) is 11.3 Å². The molecular formula is C18H19N3OS. The summed E-state index contributed by atoms with van der Waals surface area (Å²) in [6, 6.07) is 17.7. The van der Waals surface area contributed by atoms with Crippen molar-refractivity contribution in [3.05, 3.63) is 70.7 Å². The lowest BCUT2D eigenvalue weighted by atomic mass is 10.0. The number of hydrogen-bond donors (Lipinski definition) is 2. The normalized spacial score (nSPS) is 12.3. The lowest BCUT2D eigenvalue weighted by molar-refractivity contribution is 0.219. The average molecular weight is 325 g/mol. The van der Waals surface area contributed by atoms with Crippen molar-refractivity contribution in [1.82, 2.24) is 10.2 Å². The van der Waals surface area contributed by atoms with Crippen LogP contribution in [0.5, 0.6) is 0 Å². The lowest BCUT2D eigenvalue weighted by Crippen LogP contribution is -1.98. The summed E-state index contributed by atoms with van der Waals surface area (Å²) in [6.07, 6.45) is -0.744. The third-order valence-electron chi connectivity index (χ3n) is 3.59. The van der Waals surface area contributed by atoms with Gasteiger partial charge >= 0.3 is 0 Å². The number of hydrogen-bond acceptors (Lipinski definition) is 5. The fraction of sp³-hybridized carbons (Fsp3) is 0.222. The molecule has 1 unspecified atom stereocenters. The van der Waals surface area contributed by atoms with E-state index in [2.05, 4.69) is 41.5 Å². The van der Waals surface area contributed by atoms with E-state index in [1.165, 1.54) is 16.9 Å². The molecule has 4 nitrogen and oxygen atoms in total. The minimum absolute atomic E-state index is 0.474. The molecule has 5 heteroatoms. The highest BCUT2D eigenvalue weighted by molar-refractivity contribution is 7.15. The number of aliphatic hydroxyl groups excluding tert-OH is 1. The third-order valence-corrected chi connectivity index (χ3v) is 4.49. The van der Waals surface area contributed by atoms with Crippen LogP contribution in [-0.4, -0.2) is 15.3 Å². The van der Waals surface area contributed by atoms with Gasteiger partial charge in [0, 0.05) is 5.69 Å². The first-order valence-corrected chi connectivity index (χ1v) is 8.38. The Morgan fingerprint density at radius 2 is 1.70 bits per heavy atom. The van der Waals surface area contributed by atoms with Crippen molar-refractivity contribution in [2.75, 3.05) is 5.32 Å². The molecule has 0 fully saturated rings. The van der Waals surface area contributed by atoms with Crippen molar-refractivity contribution >= 4 is 22.2 Å². The van der Waals surface area contributed by atoms with Crippen LogP contribution in [0.15, 0.2) is 54.6 Å². The summed E-state index contributed by atoms with van der Waals surface area (Å²) in [5.41, 5.74) is 3.06. The summed E-state index contributed by atoms with van der Waals surface area (Å²) < 4.78 is 0. The molecule has 1 aromatic heterocycles. The monoisotopic (exact) mass is 325 g/mol. The summed E-state index contributed by atoms with van der Waals surface area (Å²) in [7, 11) is 0. The molecule has 0 aliphatic rings. The Labute approximate surface area is 139 Å². The van der Waals surface area contributed by atoms with Crippen molar-refractivity contribution in [3.8, 4) is 0 Å². The smallest absolute Gasteiger partial charge is 0.210 e. The molecule has 1 atom stereocenters. The quantitative estimate of drug-likeness (QED) is 0.726. The van der Waals surface area contributed by atoms with Crippen LogP contribution < -0.4 is 5.32 Å². The Kier molecular flexibility index (Phi) is 4.69. The molecule has 3 aromatic rings. The van der Waals surface area contributed by atoms with Crippen LogP contribution in [0.3, 0.4) is 0 Å². The van der Waals surface area contributed by atoms with Gasteiger partial charge in [-0.3, -0.25) is 0 Å². The van der Waals surface area contributed by atoms with E-state index in [-0.39, 0.29) is 0 Å². The van der Waals surface area contributed by atoms with Crippen molar-refractivity contribution in [1.29, 1.82) is 0 Å². The molecule has 0 bridgehead atoms. The molecule has 118 valence electrons. The molecule has 2 aromatic carbocycles. The van der Waals surface area contributed by atoms with Gasteiger partial charge in [-0.05, 0) is 29.2 Å². The third kappa shape index (κ3) is 3.75. The first-order valence-electron chi connectivity index (χ1n) is 7.57. The Morgan fingerprint density at radius 1 is 0.957 bits per heavy atom. The molecule has 23 heavy (non-hydrogen) atoms. The summed E-state index contributed by atoms with van der Waals surface area (Å²) in [4.78, 5) is 0. The molecule has 0 aliphatic carbocycles. The molecular weight excluding hydrogens is 306 g/mol. The number of aromatic nitrogens is 2. The second-order valence-corrected chi connectivity index (χ2v) is 6.67. The second-order valence-electron chi connectivity index (χ2n) is 5.66. The maximum Gasteiger partial charge on any atom is 0.210 e. The van der Waals surface area contributed by atoms with E-state index in [1.807, 2.05) is 42.5 Å². The van der Waals surface area contributed by atoms with Gasteiger partial charge in [-0.2, -0.15) is 0 Å². The highest BCUT2D eigenvalue weighted by atomic mass is 32.1. The van der Waals surface area contributed by atoms with Crippen LogP contribution in [0.4, 0.5) is 10.8 Å². The zero-order valence-corrected chi connectivity index (χ0v) is 13.9. The van der Waals surface area contributed by atoms with E-state index in [9.17, 15) is 5.11 Å². The highest BCUT2D eigenvalue weighted by Crippen LogP contribution is 2.29. The molecule has 1 heterocycles. The zero-order chi connectivity index (χ0) is 16.2. The summed E-state index contributed by atoms with van der Waals surface area (Å²) in [5.74, 6) is 0.474. The number of aliphatic hydroxyl groups is 1. The predicted molar refractivity (Wildman–Crippen MR) is 94.2 cm³/mol. The van der Waals surface area contributed by atoms with Crippen LogP contribution >= 0.6 is 11.3 Å². The van der Waals surface area contributed by atoms with Crippen LogP contribution in [0, 0.1) is 0 Å². The molecule has 2 N–H and O–H groups in total. The molecule has 0 saturated heterocycles. The summed E-state index contributed by atoms with van der Waals surface area (Å²) in [6.45, 7) is 4.33. The van der Waals surface area contributed by atoms with Gasteiger partial charge in [0.25, 0.3) is 0 Å². The summed E-state index contributed by atoms with van der Waals surface area (Å²) >= 11 is 1.36. The van der Waals surface area contributed by atoms with E-state index in [4.69, 9.17) is 0 Å². The van der Waals surface area contributed by atoms with Gasteiger partial charge in [0.2, 0.25) is 5.13 Å². The average Bonchev–Trinajstić information content (AvgIpc) is 3.03. The summed E-state index contributed by atoms with van der Waals surface area (Å²) in [5, 5.41) is 23.1. The van der Waals surface area contributed by atoms with Crippen molar-refractivity contribution in [2.24, 2.45) is 0 Å². The number of nitrogens with zero attached hydrogens (tertiary/aromatic N) is 2. The SMILES string of the molecule is CC(C)c1cccc(Nc2nnc(C(O)c3ccccc3)s2)c1. The highest BCUT2D eigenvalue weighted by Gasteiger charge is 2.16. The van der Waals surface area contributed by atoms with Crippen LogP contribution in [0.1, 0.15) is 42.0 Å². The molecule has 0 aliphatic heterocycles. The van der Waals surface area contributed by atoms with Gasteiger partial charge in [0.05, 0.1) is 0 Å². The van der Waals surface area contributed by atoms with Crippen LogP contribution in [0.2, 0.25) is 0 Å². The number of rotatable bonds is 5. The maximum absolute atomic E-state index is 10.4. The largest absolute Gasteiger partial charge is 0.381 e. The Bertz CT molecular complexity index is 771. The number of nitrogens with one attached hydrogen (secondary N) is 1. The maximum atomic E-state index is 10.4. The number of anilines is 2. The van der Waals surface area contributed by atoms with Crippen molar-refractivity contribution in [2.45, 2.75) is 25.9 Å². The predicted octanol–water partition coefficient (Wildman–Crippen LogP) is 4.49. The van der Waals surface area contributed by atoms with Gasteiger partial charge in [0.15, 0.2) is 5.01 Å². The van der Waals surface area contributed by atoms with E-state index in [0.29, 0.717) is 16.1 Å². The molecule has 0 radical (unpaired) electrons. The van der Waals surface area contributed by atoms with E-state index in [1.54, 1.807) is 0 Å². The zero-order valence-electron chi connectivity index (χ0n) is 13.1. The molecule has 3 rings (SSSR count). The van der Waals surface area contributed by atoms with Crippen LogP contribution in [-0.2, 0) is 0 Å². The Hall–Kier alpha value is -2.24. The van der Waals surface area contributed by atoms with Gasteiger partial charge in [-0.25, -0.2) is 0 Å². The Morgan fingerprint density at radius 3 is 2.43 bits per heavy atom. The van der Waals surface area contributed by atoms with Gasteiger partial charge in [0.1, 0.15) is 6.10 Å². The first-order chi connectivity index (χ1) is 11.1. The second kappa shape index (κ2) is 6.89.